The van der Waals surface area contributed by atoms with E-state index in [9.17, 15) is 0 Å². The van der Waals surface area contributed by atoms with Crippen LogP contribution in [-0.4, -0.2) is 37.0 Å². The van der Waals surface area contributed by atoms with Crippen molar-refractivity contribution in [1.29, 1.82) is 0 Å². The third-order valence-electron chi connectivity index (χ3n) is 3.39. The zero-order valence-corrected chi connectivity index (χ0v) is 10.9. The minimum Gasteiger partial charge on any atom is -0.396 e. The van der Waals surface area contributed by atoms with E-state index in [1.54, 1.807) is 0 Å². The minimum absolute atomic E-state index is 0.301. The first-order chi connectivity index (χ1) is 7.63. The topological polar surface area (TPSA) is 41.5 Å². The molecule has 16 heavy (non-hydrogen) atoms. The molecule has 3 nitrogen and oxygen atoms in total. The second-order valence-corrected chi connectivity index (χ2v) is 5.39. The van der Waals surface area contributed by atoms with Gasteiger partial charge in [0.15, 0.2) is 0 Å². The Morgan fingerprint density at radius 2 is 2.19 bits per heavy atom. The van der Waals surface area contributed by atoms with E-state index in [2.05, 4.69) is 26.1 Å². The standard InChI is InChI=1S/C13H27NO2/c1-10(2)8-12(4-6-15)9-14-13-5-7-16-11(13)3/h10-15H,4-9H2,1-3H3. The summed E-state index contributed by atoms with van der Waals surface area (Å²) < 4.78 is 5.53. The van der Waals surface area contributed by atoms with Crippen LogP contribution in [0.4, 0.5) is 0 Å². The molecule has 3 heteroatoms. The summed E-state index contributed by atoms with van der Waals surface area (Å²) in [5, 5.41) is 12.6. The van der Waals surface area contributed by atoms with Crippen molar-refractivity contribution >= 4 is 0 Å². The molecule has 0 aliphatic carbocycles. The zero-order chi connectivity index (χ0) is 12.0. The van der Waals surface area contributed by atoms with Gasteiger partial charge in [0.25, 0.3) is 0 Å². The number of hydrogen-bond acceptors (Lipinski definition) is 3. The van der Waals surface area contributed by atoms with Gasteiger partial charge in [0, 0.05) is 19.3 Å². The molecule has 0 bridgehead atoms. The van der Waals surface area contributed by atoms with Crippen LogP contribution in [0.15, 0.2) is 0 Å². The van der Waals surface area contributed by atoms with Gasteiger partial charge in [0.2, 0.25) is 0 Å². The molecule has 0 aromatic heterocycles. The van der Waals surface area contributed by atoms with Gasteiger partial charge < -0.3 is 15.2 Å². The van der Waals surface area contributed by atoms with Crippen LogP contribution in [0.5, 0.6) is 0 Å². The van der Waals surface area contributed by atoms with E-state index < -0.39 is 0 Å². The molecule has 2 N–H and O–H groups in total. The number of nitrogens with one attached hydrogen (secondary N) is 1. The van der Waals surface area contributed by atoms with Crippen LogP contribution in [-0.2, 0) is 4.74 Å². The molecule has 1 rings (SSSR count). The average molecular weight is 229 g/mol. The molecule has 0 radical (unpaired) electrons. The monoisotopic (exact) mass is 229 g/mol. The molecule has 96 valence electrons. The van der Waals surface area contributed by atoms with Crippen molar-refractivity contribution in [1.82, 2.24) is 5.32 Å². The van der Waals surface area contributed by atoms with E-state index in [1.165, 1.54) is 6.42 Å². The first kappa shape index (κ1) is 13.9. The molecule has 1 heterocycles. The van der Waals surface area contributed by atoms with Crippen molar-refractivity contribution in [2.45, 2.75) is 52.2 Å². The van der Waals surface area contributed by atoms with E-state index in [0.717, 1.165) is 26.0 Å². The summed E-state index contributed by atoms with van der Waals surface area (Å²) in [6, 6.07) is 0.508. The summed E-state index contributed by atoms with van der Waals surface area (Å²) in [5.41, 5.74) is 0. The molecule has 3 atom stereocenters. The molecule has 1 saturated heterocycles. The Hall–Kier alpha value is -0.120. The first-order valence-electron chi connectivity index (χ1n) is 6.59. The van der Waals surface area contributed by atoms with Crippen LogP contribution in [0, 0.1) is 11.8 Å². The van der Waals surface area contributed by atoms with Crippen molar-refractivity contribution in [3.05, 3.63) is 0 Å². The maximum absolute atomic E-state index is 9.04. The number of rotatable bonds is 7. The molecule has 1 aliphatic rings. The first-order valence-corrected chi connectivity index (χ1v) is 6.59. The molecule has 0 amide bonds. The van der Waals surface area contributed by atoms with Crippen LogP contribution in [0.3, 0.4) is 0 Å². The SMILES string of the molecule is CC(C)CC(CCO)CNC1CCOC1C. The van der Waals surface area contributed by atoms with Crippen molar-refractivity contribution in [2.75, 3.05) is 19.8 Å². The van der Waals surface area contributed by atoms with Gasteiger partial charge in [-0.05, 0) is 44.6 Å². The van der Waals surface area contributed by atoms with Gasteiger partial charge in [-0.3, -0.25) is 0 Å². The van der Waals surface area contributed by atoms with E-state index >= 15 is 0 Å². The Balaban J connectivity index is 2.25. The summed E-state index contributed by atoms with van der Waals surface area (Å²) in [6.07, 6.45) is 3.56. The largest absolute Gasteiger partial charge is 0.396 e. The Morgan fingerprint density at radius 3 is 2.69 bits per heavy atom. The summed E-state index contributed by atoms with van der Waals surface area (Å²) >= 11 is 0. The Labute approximate surface area is 99.6 Å². The highest BCUT2D eigenvalue weighted by Gasteiger charge is 2.24. The lowest BCUT2D eigenvalue weighted by atomic mass is 9.94. The lowest BCUT2D eigenvalue weighted by Crippen LogP contribution is -2.38. The van der Waals surface area contributed by atoms with Gasteiger partial charge in [0.05, 0.1) is 6.10 Å². The molecular formula is C13H27NO2. The smallest absolute Gasteiger partial charge is 0.0700 e. The fourth-order valence-electron chi connectivity index (χ4n) is 2.47. The van der Waals surface area contributed by atoms with Crippen molar-refractivity contribution in [3.63, 3.8) is 0 Å². The van der Waals surface area contributed by atoms with Crippen molar-refractivity contribution in [3.8, 4) is 0 Å². The Bertz CT molecular complexity index is 185. The number of aliphatic hydroxyl groups is 1. The molecule has 0 aromatic rings. The number of hydrogen-bond donors (Lipinski definition) is 2. The van der Waals surface area contributed by atoms with E-state index in [4.69, 9.17) is 9.84 Å². The molecular weight excluding hydrogens is 202 g/mol. The summed E-state index contributed by atoms with van der Waals surface area (Å²) in [7, 11) is 0. The van der Waals surface area contributed by atoms with Gasteiger partial charge in [-0.15, -0.1) is 0 Å². The summed E-state index contributed by atoms with van der Waals surface area (Å²) in [4.78, 5) is 0. The lowest BCUT2D eigenvalue weighted by Gasteiger charge is -2.22. The second-order valence-electron chi connectivity index (χ2n) is 5.39. The fraction of sp³-hybridized carbons (Fsp3) is 1.00. The predicted molar refractivity (Wildman–Crippen MR) is 66.5 cm³/mol. The van der Waals surface area contributed by atoms with Crippen molar-refractivity contribution in [2.24, 2.45) is 11.8 Å². The lowest BCUT2D eigenvalue weighted by molar-refractivity contribution is 0.111. The van der Waals surface area contributed by atoms with Crippen LogP contribution < -0.4 is 5.32 Å². The third-order valence-corrected chi connectivity index (χ3v) is 3.39. The van der Waals surface area contributed by atoms with Gasteiger partial charge in [-0.1, -0.05) is 13.8 Å². The van der Waals surface area contributed by atoms with Gasteiger partial charge in [-0.25, -0.2) is 0 Å². The van der Waals surface area contributed by atoms with Crippen LogP contribution in [0.2, 0.25) is 0 Å². The van der Waals surface area contributed by atoms with Gasteiger partial charge >= 0.3 is 0 Å². The fourth-order valence-corrected chi connectivity index (χ4v) is 2.47. The Morgan fingerprint density at radius 1 is 1.44 bits per heavy atom. The summed E-state index contributed by atoms with van der Waals surface area (Å²) in [5.74, 6) is 1.30. The van der Waals surface area contributed by atoms with E-state index in [1.807, 2.05) is 0 Å². The molecule has 1 fully saturated rings. The quantitative estimate of drug-likeness (QED) is 0.699. The maximum atomic E-state index is 9.04. The predicted octanol–water partition coefficient (Wildman–Crippen LogP) is 1.80. The van der Waals surface area contributed by atoms with Gasteiger partial charge in [-0.2, -0.15) is 0 Å². The second kappa shape index (κ2) is 7.25. The molecule has 0 saturated carbocycles. The normalized spacial score (nSPS) is 27.6. The number of aliphatic hydroxyl groups excluding tert-OH is 1. The van der Waals surface area contributed by atoms with Crippen LogP contribution >= 0.6 is 0 Å². The molecule has 0 spiro atoms. The molecule has 1 aliphatic heterocycles. The van der Waals surface area contributed by atoms with Crippen LogP contribution in [0.1, 0.15) is 40.0 Å². The maximum Gasteiger partial charge on any atom is 0.0700 e. The van der Waals surface area contributed by atoms with E-state index in [0.29, 0.717) is 30.6 Å². The highest BCUT2D eigenvalue weighted by atomic mass is 16.5. The zero-order valence-electron chi connectivity index (χ0n) is 10.9. The minimum atomic E-state index is 0.301. The number of ether oxygens (including phenoxy) is 1. The Kier molecular flexibility index (Phi) is 6.32. The molecule has 3 unspecified atom stereocenters. The highest BCUT2D eigenvalue weighted by molar-refractivity contribution is 4.80. The third kappa shape index (κ3) is 4.81. The molecule has 0 aromatic carbocycles. The van der Waals surface area contributed by atoms with Crippen molar-refractivity contribution < 1.29 is 9.84 Å². The van der Waals surface area contributed by atoms with Gasteiger partial charge in [0.1, 0.15) is 0 Å². The van der Waals surface area contributed by atoms with Crippen LogP contribution in [0.25, 0.3) is 0 Å². The van der Waals surface area contributed by atoms with E-state index in [-0.39, 0.29) is 0 Å². The summed E-state index contributed by atoms with van der Waals surface area (Å²) in [6.45, 7) is 8.81. The highest BCUT2D eigenvalue weighted by Crippen LogP contribution is 2.17. The average Bonchev–Trinajstić information content (AvgIpc) is 2.60.